The van der Waals surface area contributed by atoms with E-state index in [1.807, 2.05) is 0 Å². The molecule has 0 aliphatic heterocycles. The van der Waals surface area contributed by atoms with Gasteiger partial charge in [0.2, 0.25) is 0 Å². The molecule has 6 heteroatoms. The fraction of sp³-hybridized carbons (Fsp3) is 0.769. The van der Waals surface area contributed by atoms with E-state index >= 15 is 0 Å². The van der Waals surface area contributed by atoms with E-state index in [1.54, 1.807) is 0 Å². The molecule has 1 aromatic rings. The number of halogens is 5. The maximum atomic E-state index is 12.9. The summed E-state index contributed by atoms with van der Waals surface area (Å²) in [6.07, 6.45) is 19.1. The van der Waals surface area contributed by atoms with Crippen LogP contribution >= 0.6 is 10.2 Å². The van der Waals surface area contributed by atoms with Crippen LogP contribution in [0.25, 0.3) is 0 Å². The minimum absolute atomic E-state index is 0.197. The number of hydrogen-bond donors (Lipinski definition) is 0. The predicted octanol–water partition coefficient (Wildman–Crippen LogP) is 11.2. The van der Waals surface area contributed by atoms with Crippen molar-refractivity contribution in [1.82, 2.24) is 0 Å². The van der Waals surface area contributed by atoms with Crippen LogP contribution in [0.15, 0.2) is 29.2 Å². The molecule has 0 nitrogen and oxygen atoms in total. The van der Waals surface area contributed by atoms with E-state index < -0.39 is 15.1 Å². The molecule has 0 spiro atoms. The Morgan fingerprint density at radius 1 is 0.656 bits per heavy atom. The maximum absolute atomic E-state index is 12.9. The normalized spacial score (nSPS) is 29.3. The smallest absolute Gasteiger partial charge is 0.0936 e. The van der Waals surface area contributed by atoms with Gasteiger partial charge in [-0.05, 0) is 79.9 Å². The van der Waals surface area contributed by atoms with Gasteiger partial charge in [-0.2, -0.15) is 0 Å². The van der Waals surface area contributed by atoms with Crippen molar-refractivity contribution in [2.45, 2.75) is 114 Å². The van der Waals surface area contributed by atoms with Gasteiger partial charge in [-0.1, -0.05) is 96.3 Å². The summed E-state index contributed by atoms with van der Waals surface area (Å²) in [4.78, 5) is -1.78. The first-order valence-corrected chi connectivity index (χ1v) is 14.8. The van der Waals surface area contributed by atoms with Crippen molar-refractivity contribution in [1.29, 1.82) is 0 Å². The third-order valence-electron chi connectivity index (χ3n) is 8.09. The van der Waals surface area contributed by atoms with Crippen molar-refractivity contribution in [3.05, 3.63) is 29.8 Å². The molecule has 2 fully saturated rings. The molecule has 0 amide bonds. The van der Waals surface area contributed by atoms with Gasteiger partial charge in [0.15, 0.2) is 0 Å². The summed E-state index contributed by atoms with van der Waals surface area (Å²) in [5, 5.41) is 0. The Hall–Kier alpha value is -0.780. The largest absolute Gasteiger partial charge is 0.310 e. The standard InChI is InChI=1S/C26H41F5S/c1-2-3-4-5-6-7-8-21-9-11-22(12-10-21)23-13-15-24(16-14-23)25-17-19-26(20-18-25)32(27,28,29,30)31/h17-24H,2-16H2,1H3. The van der Waals surface area contributed by atoms with Crippen LogP contribution in [0.3, 0.4) is 0 Å². The van der Waals surface area contributed by atoms with Crippen molar-refractivity contribution in [2.75, 3.05) is 0 Å². The molecular weight excluding hydrogens is 439 g/mol. The minimum Gasteiger partial charge on any atom is -0.0936 e. The van der Waals surface area contributed by atoms with Crippen LogP contribution in [0.1, 0.15) is 115 Å². The summed E-state index contributed by atoms with van der Waals surface area (Å²) in [5.41, 5.74) is 0.775. The highest BCUT2D eigenvalue weighted by atomic mass is 32.5. The molecule has 0 aromatic heterocycles. The van der Waals surface area contributed by atoms with Crippen LogP contribution in [-0.2, 0) is 0 Å². The molecule has 1 aromatic carbocycles. The van der Waals surface area contributed by atoms with Crippen LogP contribution in [0.4, 0.5) is 19.4 Å². The lowest BCUT2D eigenvalue weighted by Crippen LogP contribution is -2.25. The number of benzene rings is 1. The van der Waals surface area contributed by atoms with Crippen molar-refractivity contribution in [3.8, 4) is 0 Å². The van der Waals surface area contributed by atoms with Gasteiger partial charge in [0, 0.05) is 0 Å². The van der Waals surface area contributed by atoms with Gasteiger partial charge in [-0.25, -0.2) is 0 Å². The Labute approximate surface area is 191 Å². The molecule has 32 heavy (non-hydrogen) atoms. The lowest BCUT2D eigenvalue weighted by Gasteiger charge is -2.41. The summed E-state index contributed by atoms with van der Waals surface area (Å²) < 4.78 is 64.7. The van der Waals surface area contributed by atoms with Crippen LogP contribution in [0.5, 0.6) is 0 Å². The lowest BCUT2D eigenvalue weighted by atomic mass is 9.68. The monoisotopic (exact) mass is 480 g/mol. The Morgan fingerprint density at radius 2 is 1.16 bits per heavy atom. The highest BCUT2D eigenvalue weighted by Gasteiger charge is 2.65. The second-order valence-corrected chi connectivity index (χ2v) is 12.9. The second kappa shape index (κ2) is 9.84. The van der Waals surface area contributed by atoms with E-state index in [0.29, 0.717) is 12.1 Å². The van der Waals surface area contributed by atoms with E-state index in [-0.39, 0.29) is 5.92 Å². The van der Waals surface area contributed by atoms with Crippen LogP contribution < -0.4 is 0 Å². The lowest BCUT2D eigenvalue weighted by molar-refractivity contribution is 0.155. The Kier molecular flexibility index (Phi) is 7.94. The number of unbranched alkanes of at least 4 members (excludes halogenated alkanes) is 5. The molecule has 186 valence electrons. The summed E-state index contributed by atoms with van der Waals surface area (Å²) in [6.45, 7) is 2.25. The predicted molar refractivity (Wildman–Crippen MR) is 126 cm³/mol. The number of hydrogen-bond acceptors (Lipinski definition) is 0. The molecule has 0 N–H and O–H groups in total. The second-order valence-electron chi connectivity index (χ2n) is 10.5. The zero-order chi connectivity index (χ0) is 23.3. The molecule has 0 saturated heterocycles. The third kappa shape index (κ3) is 7.63. The van der Waals surface area contributed by atoms with E-state index in [4.69, 9.17) is 0 Å². The quantitative estimate of drug-likeness (QED) is 0.231. The van der Waals surface area contributed by atoms with Crippen molar-refractivity contribution >= 4 is 10.2 Å². The SMILES string of the molecule is CCCCCCCCC1CCC(C2CCC(c3ccc(S(F)(F)(F)(F)F)cc3)CC2)CC1. The zero-order valence-corrected chi connectivity index (χ0v) is 20.3. The van der Waals surface area contributed by atoms with Gasteiger partial charge in [0.25, 0.3) is 0 Å². The van der Waals surface area contributed by atoms with Gasteiger partial charge in [0.05, 0.1) is 0 Å². The molecule has 2 saturated carbocycles. The van der Waals surface area contributed by atoms with E-state index in [2.05, 4.69) is 6.92 Å². The highest BCUT2D eigenvalue weighted by Crippen LogP contribution is 3.02. The molecule has 2 aliphatic rings. The first-order chi connectivity index (χ1) is 15.0. The molecule has 3 rings (SSSR count). The Bertz CT molecular complexity index is 696. The minimum atomic E-state index is -9.57. The van der Waals surface area contributed by atoms with Crippen molar-refractivity contribution in [3.63, 3.8) is 0 Å². The topological polar surface area (TPSA) is 0 Å². The average Bonchev–Trinajstić information content (AvgIpc) is 2.75. The number of rotatable bonds is 10. The maximum Gasteiger partial charge on any atom is 0.310 e. The molecule has 0 bridgehead atoms. The fourth-order valence-corrected chi connectivity index (χ4v) is 6.73. The van der Waals surface area contributed by atoms with Crippen LogP contribution in [0.2, 0.25) is 0 Å². The average molecular weight is 481 g/mol. The molecule has 0 radical (unpaired) electrons. The van der Waals surface area contributed by atoms with Crippen LogP contribution in [-0.4, -0.2) is 0 Å². The molecule has 0 unspecified atom stereocenters. The third-order valence-corrected chi connectivity index (χ3v) is 9.26. The van der Waals surface area contributed by atoms with Crippen LogP contribution in [0, 0.1) is 17.8 Å². The first kappa shape index (κ1) is 25.8. The first-order valence-electron chi connectivity index (χ1n) is 12.8. The van der Waals surface area contributed by atoms with Gasteiger partial charge in [-0.3, -0.25) is 0 Å². The summed E-state index contributed by atoms with van der Waals surface area (Å²) in [5.74, 6) is 2.63. The van der Waals surface area contributed by atoms with E-state index in [0.717, 1.165) is 49.0 Å². The van der Waals surface area contributed by atoms with Gasteiger partial charge in [-0.15, -0.1) is 0 Å². The molecule has 2 aliphatic carbocycles. The van der Waals surface area contributed by atoms with E-state index in [9.17, 15) is 19.4 Å². The summed E-state index contributed by atoms with van der Waals surface area (Å²) >= 11 is 0. The fourth-order valence-electron chi connectivity index (χ4n) is 6.08. The van der Waals surface area contributed by atoms with Gasteiger partial charge in [0.1, 0.15) is 4.90 Å². The molecule has 0 heterocycles. The molecule has 0 atom stereocenters. The summed E-state index contributed by atoms with van der Waals surface area (Å²) in [6, 6.07) is 3.69. The van der Waals surface area contributed by atoms with Gasteiger partial charge >= 0.3 is 10.2 Å². The highest BCUT2D eigenvalue weighted by molar-refractivity contribution is 8.45. The van der Waals surface area contributed by atoms with Gasteiger partial charge < -0.3 is 0 Å². The Morgan fingerprint density at radius 3 is 1.69 bits per heavy atom. The zero-order valence-electron chi connectivity index (χ0n) is 19.5. The Balaban J connectivity index is 1.38. The van der Waals surface area contributed by atoms with Crippen molar-refractivity contribution < 1.29 is 19.4 Å². The summed E-state index contributed by atoms with van der Waals surface area (Å²) in [7, 11) is -9.57. The molecular formula is C26H41F5S. The van der Waals surface area contributed by atoms with Crippen molar-refractivity contribution in [2.24, 2.45) is 17.8 Å². The van der Waals surface area contributed by atoms with E-state index in [1.165, 1.54) is 82.8 Å².